The normalized spacial score (nSPS) is 10.2. The third kappa shape index (κ3) is 2.26. The highest BCUT2D eigenvalue weighted by Crippen LogP contribution is 2.35. The summed E-state index contributed by atoms with van der Waals surface area (Å²) in [4.78, 5) is 0. The highest BCUT2D eigenvalue weighted by atomic mass is 16.3. The van der Waals surface area contributed by atoms with Gasteiger partial charge in [-0.3, -0.25) is 0 Å². The van der Waals surface area contributed by atoms with Gasteiger partial charge in [0.15, 0.2) is 17.2 Å². The quantitative estimate of drug-likeness (QED) is 0.517. The first-order valence-electron chi connectivity index (χ1n) is 4.03. The summed E-state index contributed by atoms with van der Waals surface area (Å²) < 4.78 is 0. The van der Waals surface area contributed by atoms with E-state index < -0.39 is 5.75 Å². The number of rotatable bonds is 3. The van der Waals surface area contributed by atoms with Crippen LogP contribution < -0.4 is 5.32 Å². The fourth-order valence-electron chi connectivity index (χ4n) is 1.07. The molecule has 0 radical (unpaired) electrons. The largest absolute Gasteiger partial charge is 0.504 e. The number of hydrogen-bond donors (Lipinski definition) is 4. The van der Waals surface area contributed by atoms with Gasteiger partial charge in [0.2, 0.25) is 0 Å². The van der Waals surface area contributed by atoms with Crippen LogP contribution in [-0.2, 0) is 6.42 Å². The maximum atomic E-state index is 9.15. The average molecular weight is 183 g/mol. The van der Waals surface area contributed by atoms with Crippen molar-refractivity contribution in [1.29, 1.82) is 0 Å². The first-order valence-corrected chi connectivity index (χ1v) is 4.03. The van der Waals surface area contributed by atoms with Gasteiger partial charge in [-0.2, -0.15) is 0 Å². The van der Waals surface area contributed by atoms with E-state index in [0.29, 0.717) is 6.42 Å². The molecule has 0 aliphatic carbocycles. The van der Waals surface area contributed by atoms with Gasteiger partial charge in [-0.1, -0.05) is 0 Å². The molecule has 0 saturated carbocycles. The summed E-state index contributed by atoms with van der Waals surface area (Å²) in [6, 6.07) is 2.87. The molecule has 0 fully saturated rings. The van der Waals surface area contributed by atoms with Crippen molar-refractivity contribution >= 4 is 0 Å². The molecule has 4 nitrogen and oxygen atoms in total. The molecule has 0 atom stereocenters. The predicted molar refractivity (Wildman–Crippen MR) is 49.1 cm³/mol. The Balaban J connectivity index is 2.86. The van der Waals surface area contributed by atoms with Gasteiger partial charge in [-0.25, -0.2) is 0 Å². The van der Waals surface area contributed by atoms with Crippen LogP contribution in [0.2, 0.25) is 0 Å². The van der Waals surface area contributed by atoms with Crippen LogP contribution >= 0.6 is 0 Å². The minimum absolute atomic E-state index is 0.286. The van der Waals surface area contributed by atoms with Gasteiger partial charge in [0.05, 0.1) is 0 Å². The molecule has 1 aromatic carbocycles. The van der Waals surface area contributed by atoms with Crippen molar-refractivity contribution < 1.29 is 15.3 Å². The Morgan fingerprint density at radius 2 is 1.69 bits per heavy atom. The van der Waals surface area contributed by atoms with Crippen LogP contribution in [0.5, 0.6) is 17.2 Å². The molecule has 0 aromatic heterocycles. The smallest absolute Gasteiger partial charge is 0.200 e. The van der Waals surface area contributed by atoms with Gasteiger partial charge in [0, 0.05) is 0 Å². The second-order valence-corrected chi connectivity index (χ2v) is 2.84. The second kappa shape index (κ2) is 4.00. The van der Waals surface area contributed by atoms with Crippen molar-refractivity contribution in [3.8, 4) is 17.2 Å². The topological polar surface area (TPSA) is 72.7 Å². The van der Waals surface area contributed by atoms with E-state index in [1.807, 2.05) is 7.05 Å². The van der Waals surface area contributed by atoms with Crippen molar-refractivity contribution in [3.63, 3.8) is 0 Å². The minimum Gasteiger partial charge on any atom is -0.504 e. The number of aromatic hydroxyl groups is 3. The molecule has 0 aliphatic rings. The molecule has 13 heavy (non-hydrogen) atoms. The molecule has 0 heterocycles. The molecule has 4 heteroatoms. The summed E-state index contributed by atoms with van der Waals surface area (Å²) in [5, 5.41) is 30.3. The van der Waals surface area contributed by atoms with Crippen LogP contribution in [0.15, 0.2) is 12.1 Å². The van der Waals surface area contributed by atoms with Crippen molar-refractivity contribution in [2.45, 2.75) is 6.42 Å². The van der Waals surface area contributed by atoms with Crippen molar-refractivity contribution in [2.75, 3.05) is 13.6 Å². The van der Waals surface area contributed by atoms with E-state index in [1.54, 1.807) is 0 Å². The van der Waals surface area contributed by atoms with E-state index in [-0.39, 0.29) is 11.5 Å². The fourth-order valence-corrected chi connectivity index (χ4v) is 1.07. The average Bonchev–Trinajstić information content (AvgIpc) is 2.10. The molecule has 72 valence electrons. The van der Waals surface area contributed by atoms with E-state index in [1.165, 1.54) is 12.1 Å². The second-order valence-electron chi connectivity index (χ2n) is 2.84. The van der Waals surface area contributed by atoms with Gasteiger partial charge < -0.3 is 20.6 Å². The Bertz CT molecular complexity index is 276. The molecule has 0 bridgehead atoms. The zero-order valence-corrected chi connectivity index (χ0v) is 7.41. The fraction of sp³-hybridized carbons (Fsp3) is 0.333. The molecule has 1 rings (SSSR count). The Kier molecular flexibility index (Phi) is 2.97. The predicted octanol–water partition coefficient (Wildman–Crippen LogP) is 0.565. The molecule has 1 aromatic rings. The molecule has 0 aliphatic heterocycles. The summed E-state index contributed by atoms with van der Waals surface area (Å²) >= 11 is 0. The summed E-state index contributed by atoms with van der Waals surface area (Å²) in [7, 11) is 1.82. The number of benzene rings is 1. The third-order valence-corrected chi connectivity index (χ3v) is 1.79. The van der Waals surface area contributed by atoms with Crippen LogP contribution in [0.3, 0.4) is 0 Å². The van der Waals surface area contributed by atoms with Crippen LogP contribution in [0.1, 0.15) is 5.56 Å². The highest BCUT2D eigenvalue weighted by molar-refractivity contribution is 5.51. The Morgan fingerprint density at radius 3 is 2.15 bits per heavy atom. The Morgan fingerprint density at radius 1 is 1.15 bits per heavy atom. The number of nitrogens with one attached hydrogen (secondary N) is 1. The maximum Gasteiger partial charge on any atom is 0.200 e. The monoisotopic (exact) mass is 183 g/mol. The third-order valence-electron chi connectivity index (χ3n) is 1.79. The molecule has 4 N–H and O–H groups in total. The summed E-state index contributed by atoms with van der Waals surface area (Å²) in [6.45, 7) is 0.754. The van der Waals surface area contributed by atoms with Crippen LogP contribution in [0.4, 0.5) is 0 Å². The number of hydrogen-bond acceptors (Lipinski definition) is 4. The van der Waals surface area contributed by atoms with E-state index in [2.05, 4.69) is 5.32 Å². The lowest BCUT2D eigenvalue weighted by Crippen LogP contribution is -2.10. The van der Waals surface area contributed by atoms with Crippen molar-refractivity contribution in [3.05, 3.63) is 17.7 Å². The molecular weight excluding hydrogens is 170 g/mol. The molecular formula is C9H13NO3. The van der Waals surface area contributed by atoms with Crippen LogP contribution in [-0.4, -0.2) is 28.9 Å². The zero-order chi connectivity index (χ0) is 9.84. The van der Waals surface area contributed by atoms with Gasteiger partial charge in [-0.15, -0.1) is 0 Å². The van der Waals surface area contributed by atoms with E-state index in [4.69, 9.17) is 15.3 Å². The SMILES string of the molecule is CNCCc1cc(O)c(O)c(O)c1. The minimum atomic E-state index is -0.465. The lowest BCUT2D eigenvalue weighted by Gasteiger charge is -2.05. The van der Waals surface area contributed by atoms with E-state index in [0.717, 1.165) is 12.1 Å². The van der Waals surface area contributed by atoms with Gasteiger partial charge in [0.1, 0.15) is 0 Å². The van der Waals surface area contributed by atoms with Gasteiger partial charge in [0.25, 0.3) is 0 Å². The maximum absolute atomic E-state index is 9.15. The summed E-state index contributed by atoms with van der Waals surface area (Å²) in [6.07, 6.45) is 0.692. The lowest BCUT2D eigenvalue weighted by molar-refractivity contribution is 0.367. The molecule has 0 spiro atoms. The lowest BCUT2D eigenvalue weighted by atomic mass is 10.1. The molecule has 0 amide bonds. The summed E-state index contributed by atoms with van der Waals surface area (Å²) in [5.74, 6) is -1.04. The van der Waals surface area contributed by atoms with Crippen LogP contribution in [0, 0.1) is 0 Å². The van der Waals surface area contributed by atoms with Crippen molar-refractivity contribution in [1.82, 2.24) is 5.32 Å². The first-order chi connectivity index (χ1) is 6.15. The zero-order valence-electron chi connectivity index (χ0n) is 7.41. The highest BCUT2D eigenvalue weighted by Gasteiger charge is 2.07. The standard InChI is InChI=1S/C9H13NO3/c1-10-3-2-6-4-7(11)9(13)8(12)5-6/h4-5,10-13H,2-3H2,1H3. The molecule has 0 saturated heterocycles. The van der Waals surface area contributed by atoms with E-state index >= 15 is 0 Å². The summed E-state index contributed by atoms with van der Waals surface area (Å²) in [5.41, 5.74) is 0.780. The van der Waals surface area contributed by atoms with Crippen molar-refractivity contribution in [2.24, 2.45) is 0 Å². The number of likely N-dealkylation sites (N-methyl/N-ethyl adjacent to an activating group) is 1. The van der Waals surface area contributed by atoms with Gasteiger partial charge in [-0.05, 0) is 37.7 Å². The number of phenols is 3. The van der Waals surface area contributed by atoms with E-state index in [9.17, 15) is 0 Å². The van der Waals surface area contributed by atoms with Crippen LogP contribution in [0.25, 0.3) is 0 Å². The Labute approximate surface area is 76.5 Å². The van der Waals surface area contributed by atoms with Gasteiger partial charge >= 0.3 is 0 Å². The Hall–Kier alpha value is -1.42. The first kappa shape index (κ1) is 9.67. The number of phenolic OH excluding ortho intramolecular Hbond substituents is 3. The molecule has 0 unspecified atom stereocenters.